The molecule has 0 heterocycles. The number of nitrogens with one attached hydrogen (secondary N) is 1. The van der Waals surface area contributed by atoms with Gasteiger partial charge in [-0.25, -0.2) is 0 Å². The molecule has 0 saturated heterocycles. The molecule has 0 radical (unpaired) electrons. The average Bonchev–Trinajstić information content (AvgIpc) is 2.26. The van der Waals surface area contributed by atoms with Crippen LogP contribution in [0, 0.1) is 10.1 Å². The van der Waals surface area contributed by atoms with Crippen molar-refractivity contribution in [1.29, 1.82) is 0 Å². The van der Waals surface area contributed by atoms with Crippen molar-refractivity contribution in [2.24, 2.45) is 0 Å². The zero-order valence-electron chi connectivity index (χ0n) is 10.5. The maximum Gasteiger partial charge on any atom is 0.282 e. The normalized spacial score (nSPS) is 13.7. The van der Waals surface area contributed by atoms with Gasteiger partial charge in [0.15, 0.2) is 0 Å². The Hall–Kier alpha value is -1.33. The summed E-state index contributed by atoms with van der Waals surface area (Å²) in [6, 6.07) is 3.69. The molecule has 0 fully saturated rings. The van der Waals surface area contributed by atoms with Gasteiger partial charge in [-0.1, -0.05) is 11.6 Å². The molecule has 0 spiro atoms. The highest BCUT2D eigenvalue weighted by molar-refractivity contribution is 6.31. The molecule has 0 saturated carbocycles. The molecule has 2 unspecified atom stereocenters. The summed E-state index contributed by atoms with van der Waals surface area (Å²) >= 11 is 11.6. The van der Waals surface area contributed by atoms with Crippen molar-refractivity contribution in [1.82, 2.24) is 5.32 Å². The van der Waals surface area contributed by atoms with Gasteiger partial charge in [-0.15, -0.1) is 11.6 Å². The number of carbonyl (C=O) groups is 1. The highest BCUT2D eigenvalue weighted by Crippen LogP contribution is 2.22. The first-order valence-corrected chi connectivity index (χ1v) is 6.51. The van der Waals surface area contributed by atoms with Crippen molar-refractivity contribution in [3.05, 3.63) is 38.9 Å². The predicted octanol–water partition coefficient (Wildman–Crippen LogP) is 3.38. The number of alkyl halides is 1. The molecular formula is C12H14Cl2N2O3. The quantitative estimate of drug-likeness (QED) is 0.515. The Balaban J connectivity index is 2.92. The lowest BCUT2D eigenvalue weighted by molar-refractivity contribution is -0.385. The fourth-order valence-corrected chi connectivity index (χ4v) is 2.14. The van der Waals surface area contributed by atoms with Gasteiger partial charge in [0.1, 0.15) is 5.56 Å². The van der Waals surface area contributed by atoms with E-state index in [9.17, 15) is 14.9 Å². The molecule has 19 heavy (non-hydrogen) atoms. The first-order valence-electron chi connectivity index (χ1n) is 5.70. The van der Waals surface area contributed by atoms with Crippen molar-refractivity contribution in [3.8, 4) is 0 Å². The van der Waals surface area contributed by atoms with Gasteiger partial charge in [-0.2, -0.15) is 0 Å². The molecule has 0 aliphatic rings. The van der Waals surface area contributed by atoms with E-state index in [-0.39, 0.29) is 27.7 Å². The smallest absolute Gasteiger partial charge is 0.282 e. The Labute approximate surface area is 121 Å². The minimum atomic E-state index is -0.611. The van der Waals surface area contributed by atoms with Crippen LogP contribution >= 0.6 is 23.2 Å². The highest BCUT2D eigenvalue weighted by Gasteiger charge is 2.21. The molecule has 0 aliphatic heterocycles. The summed E-state index contributed by atoms with van der Waals surface area (Å²) in [6.45, 7) is 3.60. The summed E-state index contributed by atoms with van der Waals surface area (Å²) in [6.07, 6.45) is 0.571. The SMILES string of the molecule is CC(Cl)CC(C)NC(=O)c1cc(Cl)ccc1[N+](=O)[O-]. The second-order valence-electron chi connectivity index (χ2n) is 4.31. The van der Waals surface area contributed by atoms with Gasteiger partial charge < -0.3 is 5.32 Å². The van der Waals surface area contributed by atoms with Crippen LogP contribution in [0.15, 0.2) is 18.2 Å². The van der Waals surface area contributed by atoms with Crippen LogP contribution in [0.3, 0.4) is 0 Å². The Morgan fingerprint density at radius 3 is 2.63 bits per heavy atom. The van der Waals surface area contributed by atoms with Crippen molar-refractivity contribution in [2.45, 2.75) is 31.7 Å². The topological polar surface area (TPSA) is 72.2 Å². The third-order valence-electron chi connectivity index (χ3n) is 2.46. The zero-order chi connectivity index (χ0) is 14.6. The van der Waals surface area contributed by atoms with Crippen molar-refractivity contribution >= 4 is 34.8 Å². The number of hydrogen-bond acceptors (Lipinski definition) is 3. The molecule has 5 nitrogen and oxygen atoms in total. The molecule has 0 aromatic heterocycles. The van der Waals surface area contributed by atoms with Crippen LogP contribution < -0.4 is 5.32 Å². The van der Waals surface area contributed by atoms with Crippen LogP contribution in [0.25, 0.3) is 0 Å². The summed E-state index contributed by atoms with van der Waals surface area (Å²) < 4.78 is 0. The first kappa shape index (κ1) is 15.7. The minimum Gasteiger partial charge on any atom is -0.349 e. The van der Waals surface area contributed by atoms with Gasteiger partial charge in [0.05, 0.1) is 4.92 Å². The second kappa shape index (κ2) is 6.73. The molecule has 1 rings (SSSR count). The van der Waals surface area contributed by atoms with Crippen LogP contribution in [-0.4, -0.2) is 22.2 Å². The molecule has 7 heteroatoms. The van der Waals surface area contributed by atoms with Crippen LogP contribution in [0.5, 0.6) is 0 Å². The van der Waals surface area contributed by atoms with E-state index in [0.717, 1.165) is 0 Å². The fraction of sp³-hybridized carbons (Fsp3) is 0.417. The van der Waals surface area contributed by atoms with Crippen molar-refractivity contribution in [2.75, 3.05) is 0 Å². The Morgan fingerprint density at radius 1 is 1.47 bits per heavy atom. The zero-order valence-corrected chi connectivity index (χ0v) is 12.0. The van der Waals surface area contributed by atoms with Gasteiger partial charge in [0.25, 0.3) is 11.6 Å². The number of amides is 1. The molecule has 1 N–H and O–H groups in total. The lowest BCUT2D eigenvalue weighted by atomic mass is 10.1. The average molecular weight is 305 g/mol. The third kappa shape index (κ3) is 4.69. The Bertz CT molecular complexity index is 492. The van der Waals surface area contributed by atoms with Crippen molar-refractivity contribution in [3.63, 3.8) is 0 Å². The van der Waals surface area contributed by atoms with E-state index in [4.69, 9.17) is 23.2 Å². The number of hydrogen-bond donors (Lipinski definition) is 1. The van der Waals surface area contributed by atoms with E-state index in [1.807, 2.05) is 6.92 Å². The van der Waals surface area contributed by atoms with E-state index in [1.54, 1.807) is 6.92 Å². The Morgan fingerprint density at radius 2 is 2.11 bits per heavy atom. The fourth-order valence-electron chi connectivity index (χ4n) is 1.70. The van der Waals surface area contributed by atoms with Gasteiger partial charge >= 0.3 is 0 Å². The number of halogens is 2. The molecule has 2 atom stereocenters. The van der Waals surface area contributed by atoms with E-state index in [0.29, 0.717) is 6.42 Å². The van der Waals surface area contributed by atoms with Gasteiger partial charge in [0, 0.05) is 22.5 Å². The summed E-state index contributed by atoms with van der Waals surface area (Å²) in [4.78, 5) is 22.2. The van der Waals surface area contributed by atoms with E-state index < -0.39 is 10.8 Å². The number of nitro benzene ring substituents is 1. The summed E-state index contributed by atoms with van der Waals surface area (Å²) in [5, 5.41) is 13.7. The summed E-state index contributed by atoms with van der Waals surface area (Å²) in [5.74, 6) is -0.529. The summed E-state index contributed by atoms with van der Waals surface area (Å²) in [5.41, 5.74) is -0.320. The molecule has 0 bridgehead atoms. The molecule has 1 amide bonds. The van der Waals surface area contributed by atoms with Gasteiger partial charge in [-0.3, -0.25) is 14.9 Å². The number of carbonyl (C=O) groups excluding carboxylic acids is 1. The van der Waals surface area contributed by atoms with E-state index in [2.05, 4.69) is 5.32 Å². The maximum absolute atomic E-state index is 12.0. The first-order chi connectivity index (χ1) is 8.81. The van der Waals surface area contributed by atoms with E-state index in [1.165, 1.54) is 18.2 Å². The Kier molecular flexibility index (Phi) is 5.57. The maximum atomic E-state index is 12.0. The monoisotopic (exact) mass is 304 g/mol. The number of rotatable bonds is 5. The van der Waals surface area contributed by atoms with Crippen LogP contribution in [0.2, 0.25) is 5.02 Å². The third-order valence-corrected chi connectivity index (χ3v) is 2.87. The van der Waals surface area contributed by atoms with Crippen molar-refractivity contribution < 1.29 is 9.72 Å². The lowest BCUT2D eigenvalue weighted by Crippen LogP contribution is -2.34. The lowest BCUT2D eigenvalue weighted by Gasteiger charge is -2.15. The number of nitro groups is 1. The van der Waals surface area contributed by atoms with Gasteiger partial charge in [0.2, 0.25) is 0 Å². The molecule has 0 aliphatic carbocycles. The molecular weight excluding hydrogens is 291 g/mol. The predicted molar refractivity (Wildman–Crippen MR) is 75.0 cm³/mol. The number of benzene rings is 1. The molecule has 1 aromatic rings. The van der Waals surface area contributed by atoms with Crippen LogP contribution in [0.1, 0.15) is 30.6 Å². The van der Waals surface area contributed by atoms with Crippen LogP contribution in [0.4, 0.5) is 5.69 Å². The molecule has 1 aromatic carbocycles. The second-order valence-corrected chi connectivity index (χ2v) is 5.49. The molecule has 104 valence electrons. The summed E-state index contributed by atoms with van der Waals surface area (Å²) in [7, 11) is 0. The van der Waals surface area contributed by atoms with E-state index >= 15 is 0 Å². The van der Waals surface area contributed by atoms with Crippen LogP contribution in [-0.2, 0) is 0 Å². The van der Waals surface area contributed by atoms with Gasteiger partial charge in [-0.05, 0) is 32.4 Å². The number of nitrogens with zero attached hydrogens (tertiary/aromatic N) is 1. The largest absolute Gasteiger partial charge is 0.349 e. The standard InChI is InChI=1S/C12H14Cl2N2O3/c1-7(13)5-8(2)15-12(17)10-6-9(14)3-4-11(10)16(18)19/h3-4,6-8H,5H2,1-2H3,(H,15,17). The highest BCUT2D eigenvalue weighted by atomic mass is 35.5. The minimum absolute atomic E-state index is 0.0495.